The second-order valence-electron chi connectivity index (χ2n) is 2.49. The first-order chi connectivity index (χ1) is 7.31. The highest BCUT2D eigenvalue weighted by Gasteiger charge is 2.32. The first-order valence-corrected chi connectivity index (χ1v) is 13.4. The van der Waals surface area contributed by atoms with Crippen molar-refractivity contribution in [2.24, 2.45) is 0 Å². The molecule has 0 aliphatic carbocycles. The molecule has 1 aromatic heterocycles. The molecule has 0 spiro atoms. The van der Waals surface area contributed by atoms with Crippen LogP contribution in [-0.4, -0.2) is 0 Å². The SMILES string of the molecule is FC(F)(F)c1cc(CCl)cs1.PPP(P)P. The summed E-state index contributed by atoms with van der Waals surface area (Å²) < 4.78 is 35.7. The third kappa shape index (κ3) is 8.11. The Labute approximate surface area is 112 Å². The minimum absolute atomic E-state index is 0.132. The van der Waals surface area contributed by atoms with E-state index in [0.29, 0.717) is 16.9 Å². The van der Waals surface area contributed by atoms with Crippen LogP contribution in [0.1, 0.15) is 10.4 Å². The highest BCUT2D eigenvalue weighted by molar-refractivity contribution is 8.77. The van der Waals surface area contributed by atoms with Gasteiger partial charge in [0.15, 0.2) is 0 Å². The van der Waals surface area contributed by atoms with E-state index in [1.54, 1.807) is 0 Å². The van der Waals surface area contributed by atoms with E-state index >= 15 is 0 Å². The Balaban J connectivity index is 0.000000385. The normalized spacial score (nSPS) is 12.0. The molecule has 0 bridgehead atoms. The Morgan fingerprint density at radius 3 is 2.12 bits per heavy atom. The lowest BCUT2D eigenvalue weighted by Crippen LogP contribution is -2.00. The van der Waals surface area contributed by atoms with Crippen LogP contribution in [0.2, 0.25) is 0 Å². The third-order valence-corrected chi connectivity index (χ3v) is 14.5. The molecule has 0 aliphatic rings. The predicted molar refractivity (Wildman–Crippen MR) is 83.2 cm³/mol. The van der Waals surface area contributed by atoms with Crippen LogP contribution in [0, 0.1) is 0 Å². The van der Waals surface area contributed by atoms with Crippen molar-refractivity contribution in [1.82, 2.24) is 0 Å². The monoisotopic (exact) mass is 362 g/mol. The molecule has 10 heteroatoms. The summed E-state index contributed by atoms with van der Waals surface area (Å²) in [6.45, 7) is 0.226. The largest absolute Gasteiger partial charge is 0.425 e. The smallest absolute Gasteiger partial charge is 0.165 e. The summed E-state index contributed by atoms with van der Waals surface area (Å²) in [6, 6.07) is 1.07. The zero-order valence-electron chi connectivity index (χ0n) is 7.96. The molecule has 0 nitrogen and oxygen atoms in total. The van der Waals surface area contributed by atoms with Crippen LogP contribution in [0.25, 0.3) is 0 Å². The average molecular weight is 363 g/mol. The van der Waals surface area contributed by atoms with Gasteiger partial charge in [-0.25, -0.2) is 0 Å². The molecule has 1 rings (SSSR count). The molecule has 4 atom stereocenters. The maximum absolute atomic E-state index is 11.9. The molecule has 0 aromatic carbocycles. The second kappa shape index (κ2) is 8.93. The maximum atomic E-state index is 11.9. The van der Waals surface area contributed by atoms with Crippen LogP contribution < -0.4 is 0 Å². The predicted octanol–water partition coefficient (Wildman–Crippen LogP) is 5.94. The first-order valence-electron chi connectivity index (χ1n) is 3.77. The van der Waals surface area contributed by atoms with E-state index in [-0.39, 0.29) is 12.9 Å². The molecule has 0 amide bonds. The van der Waals surface area contributed by atoms with Gasteiger partial charge in [-0.15, -0.1) is 49.7 Å². The van der Waals surface area contributed by atoms with Gasteiger partial charge >= 0.3 is 6.18 Å². The Bertz CT molecular complexity index is 303. The van der Waals surface area contributed by atoms with E-state index in [0.717, 1.165) is 14.0 Å². The Kier molecular flexibility index (Phi) is 10.0. The van der Waals surface area contributed by atoms with Gasteiger partial charge in [0.1, 0.15) is 4.88 Å². The molecule has 4 unspecified atom stereocenters. The Morgan fingerprint density at radius 2 is 1.94 bits per heavy atom. The third-order valence-electron chi connectivity index (χ3n) is 1.24. The number of hydrogen-bond donors (Lipinski definition) is 0. The molecule has 1 heterocycles. The molecule has 0 saturated heterocycles. The zero-order valence-corrected chi connectivity index (χ0v) is 14.9. The van der Waals surface area contributed by atoms with E-state index in [2.05, 4.69) is 26.8 Å². The molecule has 1 aromatic rings. The molecule has 0 saturated carbocycles. The lowest BCUT2D eigenvalue weighted by Gasteiger charge is -1.99. The van der Waals surface area contributed by atoms with Crippen LogP contribution >= 0.6 is 64.7 Å². The topological polar surface area (TPSA) is 0 Å². The van der Waals surface area contributed by atoms with E-state index in [4.69, 9.17) is 11.6 Å². The highest BCUT2D eigenvalue weighted by atomic mass is 35.5. The van der Waals surface area contributed by atoms with Gasteiger partial charge < -0.3 is 0 Å². The Morgan fingerprint density at radius 1 is 1.44 bits per heavy atom. The van der Waals surface area contributed by atoms with Crippen molar-refractivity contribution in [3.63, 3.8) is 0 Å². The summed E-state index contributed by atoms with van der Waals surface area (Å²) in [7, 11) is 9.24. The van der Waals surface area contributed by atoms with Crippen molar-refractivity contribution in [3.05, 3.63) is 21.9 Å². The quantitative estimate of drug-likeness (QED) is 0.451. The number of alkyl halides is 4. The number of rotatable bonds is 2. The van der Waals surface area contributed by atoms with E-state index in [1.807, 2.05) is 0 Å². The van der Waals surface area contributed by atoms with Crippen molar-refractivity contribution < 1.29 is 13.2 Å². The minimum Gasteiger partial charge on any atom is -0.165 e. The molecular formula is C6H11ClF3P5S. The number of hydrogen-bond acceptors (Lipinski definition) is 1. The van der Waals surface area contributed by atoms with Crippen molar-refractivity contribution in [2.75, 3.05) is 0 Å². The zero-order chi connectivity index (χ0) is 12.8. The summed E-state index contributed by atoms with van der Waals surface area (Å²) in [4.78, 5) is -0.590. The number of thiophene rings is 1. The molecule has 0 N–H and O–H groups in total. The lowest BCUT2D eigenvalue weighted by molar-refractivity contribution is -0.134. The molecule has 0 aliphatic heterocycles. The number of halogens is 4. The van der Waals surface area contributed by atoms with Gasteiger partial charge in [0.05, 0.1) is 0 Å². The van der Waals surface area contributed by atoms with Crippen molar-refractivity contribution >= 4 is 64.7 Å². The molecule has 0 radical (unpaired) electrons. The van der Waals surface area contributed by atoms with Gasteiger partial charge in [-0.1, -0.05) is 7.96 Å². The second-order valence-corrected chi connectivity index (χ2v) is 17.6. The lowest BCUT2D eigenvalue weighted by atomic mass is 10.3. The molecular weight excluding hydrogens is 351 g/mol. The fraction of sp³-hybridized carbons (Fsp3) is 0.333. The van der Waals surface area contributed by atoms with Gasteiger partial charge in [0.2, 0.25) is 0 Å². The highest BCUT2D eigenvalue weighted by Crippen LogP contribution is 2.71. The molecule has 0 fully saturated rings. The summed E-state index contributed by atoms with van der Waals surface area (Å²) in [5, 5.41) is 1.41. The molecule has 94 valence electrons. The average Bonchev–Trinajstić information content (AvgIpc) is 2.66. The fourth-order valence-electron chi connectivity index (χ4n) is 0.594. The van der Waals surface area contributed by atoms with Crippen molar-refractivity contribution in [1.29, 1.82) is 0 Å². The van der Waals surface area contributed by atoms with Crippen LogP contribution in [0.5, 0.6) is 0 Å². The van der Waals surface area contributed by atoms with Crippen LogP contribution in [-0.2, 0) is 12.1 Å². The molecule has 16 heavy (non-hydrogen) atoms. The fourth-order valence-corrected chi connectivity index (χ4v) is 1.62. The van der Waals surface area contributed by atoms with Crippen LogP contribution in [0.15, 0.2) is 11.4 Å². The Hall–Kier alpha value is 1.93. The van der Waals surface area contributed by atoms with E-state index < -0.39 is 11.1 Å². The summed E-state index contributed by atoms with van der Waals surface area (Å²) in [5.41, 5.74) is 0.518. The van der Waals surface area contributed by atoms with Crippen molar-refractivity contribution in [3.8, 4) is 0 Å². The summed E-state index contributed by atoms with van der Waals surface area (Å²) in [5.74, 6) is 0.132. The van der Waals surface area contributed by atoms with E-state index in [1.165, 1.54) is 5.38 Å². The maximum Gasteiger partial charge on any atom is 0.425 e. The van der Waals surface area contributed by atoms with Crippen LogP contribution in [0.3, 0.4) is 0 Å². The minimum atomic E-state index is -4.23. The van der Waals surface area contributed by atoms with Gasteiger partial charge in [-0.2, -0.15) is 13.2 Å². The summed E-state index contributed by atoms with van der Waals surface area (Å²) in [6.07, 6.45) is -4.23. The van der Waals surface area contributed by atoms with E-state index in [9.17, 15) is 13.2 Å². The van der Waals surface area contributed by atoms with Gasteiger partial charge in [-0.05, 0) is 24.0 Å². The first kappa shape index (κ1) is 17.9. The summed E-state index contributed by atoms with van der Waals surface area (Å²) >= 11 is 6.00. The van der Waals surface area contributed by atoms with Crippen LogP contribution in [0.4, 0.5) is 13.2 Å². The van der Waals surface area contributed by atoms with Gasteiger partial charge in [0.25, 0.3) is 0 Å². The van der Waals surface area contributed by atoms with Gasteiger partial charge in [-0.3, -0.25) is 0 Å². The van der Waals surface area contributed by atoms with Crippen molar-refractivity contribution in [2.45, 2.75) is 12.1 Å². The van der Waals surface area contributed by atoms with Gasteiger partial charge in [0, 0.05) is 5.88 Å². The standard InChI is InChI=1S/C6H4ClF3S.H7P5/c7-2-4-1-5(11-3-4)6(8,9)10;1-4-5(2)3/h1,3H,2H2;4H,1-3H2.